The van der Waals surface area contributed by atoms with Crippen LogP contribution in [0.3, 0.4) is 0 Å². The summed E-state index contributed by atoms with van der Waals surface area (Å²) in [5, 5.41) is 9.48. The Labute approximate surface area is 145 Å². The van der Waals surface area contributed by atoms with Crippen molar-refractivity contribution in [2.45, 2.75) is 13.1 Å². The van der Waals surface area contributed by atoms with Gasteiger partial charge in [0, 0.05) is 9.75 Å². The molecule has 0 aliphatic heterocycles. The first-order valence-corrected chi connectivity index (χ1v) is 9.51. The molecule has 7 heteroatoms. The van der Waals surface area contributed by atoms with E-state index in [-0.39, 0.29) is 11.8 Å². The highest BCUT2D eigenvalue weighted by Gasteiger charge is 2.13. The van der Waals surface area contributed by atoms with Gasteiger partial charge in [0.2, 0.25) is 5.78 Å². The predicted octanol–water partition coefficient (Wildman–Crippen LogP) is 4.10. The molecule has 2 amide bonds. The van der Waals surface area contributed by atoms with Crippen LogP contribution in [0, 0.1) is 0 Å². The molecule has 23 heavy (non-hydrogen) atoms. The van der Waals surface area contributed by atoms with Crippen LogP contribution in [0.1, 0.15) is 24.3 Å². The second-order valence-electron chi connectivity index (χ2n) is 4.69. The molecule has 0 aromatic carbocycles. The quantitative estimate of drug-likeness (QED) is 0.649. The highest BCUT2D eigenvalue weighted by atomic mass is 32.1. The van der Waals surface area contributed by atoms with Crippen molar-refractivity contribution in [3.63, 3.8) is 0 Å². The van der Waals surface area contributed by atoms with Gasteiger partial charge in [0.25, 0.3) is 0 Å². The van der Waals surface area contributed by atoms with E-state index in [4.69, 9.17) is 0 Å². The van der Waals surface area contributed by atoms with Crippen molar-refractivity contribution in [2.75, 3.05) is 0 Å². The number of nitrogens with one attached hydrogen (secondary N) is 2. The average molecular weight is 363 g/mol. The smallest absolute Gasteiger partial charge is 0.315 e. The van der Waals surface area contributed by atoms with Crippen molar-refractivity contribution in [3.8, 4) is 0 Å². The number of ketones is 1. The number of amides is 2. The second kappa shape index (κ2) is 7.54. The van der Waals surface area contributed by atoms with Gasteiger partial charge in [-0.15, -0.1) is 34.0 Å². The van der Waals surface area contributed by atoms with Gasteiger partial charge in [0.15, 0.2) is 0 Å². The molecule has 3 aromatic rings. The molecule has 4 nitrogen and oxygen atoms in total. The topological polar surface area (TPSA) is 58.2 Å². The third-order valence-electron chi connectivity index (χ3n) is 3.06. The van der Waals surface area contributed by atoms with Gasteiger partial charge >= 0.3 is 6.03 Å². The van der Waals surface area contributed by atoms with Crippen molar-refractivity contribution in [3.05, 3.63) is 66.7 Å². The summed E-state index contributed by atoms with van der Waals surface area (Å²) in [5.74, 6) is 0.0402. The Hall–Kier alpha value is -1.96. The molecule has 0 aliphatic rings. The van der Waals surface area contributed by atoms with Crippen LogP contribution in [0.2, 0.25) is 0 Å². The minimum atomic E-state index is -0.210. The van der Waals surface area contributed by atoms with Crippen molar-refractivity contribution >= 4 is 45.8 Å². The summed E-state index contributed by atoms with van der Waals surface area (Å²) in [6.45, 7) is 0.939. The van der Waals surface area contributed by atoms with Crippen LogP contribution in [0.25, 0.3) is 0 Å². The third kappa shape index (κ3) is 4.28. The summed E-state index contributed by atoms with van der Waals surface area (Å²) < 4.78 is 0. The number of urea groups is 1. The number of carbonyl (C=O) groups is 2. The molecule has 3 heterocycles. The molecular formula is C16H14N2O2S3. The van der Waals surface area contributed by atoms with Gasteiger partial charge in [-0.3, -0.25) is 4.79 Å². The maximum atomic E-state index is 12.2. The monoisotopic (exact) mass is 362 g/mol. The summed E-state index contributed by atoms with van der Waals surface area (Å²) in [5.41, 5.74) is 0. The zero-order valence-corrected chi connectivity index (χ0v) is 14.5. The molecule has 0 saturated heterocycles. The Bertz CT molecular complexity index is 776. The Balaban J connectivity index is 1.49. The Morgan fingerprint density at radius 2 is 1.57 bits per heavy atom. The summed E-state index contributed by atoms with van der Waals surface area (Å²) in [6.07, 6.45) is 0. The summed E-state index contributed by atoms with van der Waals surface area (Å²) >= 11 is 4.46. The van der Waals surface area contributed by atoms with E-state index >= 15 is 0 Å². The molecule has 0 spiro atoms. The first kappa shape index (κ1) is 15.9. The average Bonchev–Trinajstić information content (AvgIpc) is 3.33. The van der Waals surface area contributed by atoms with Crippen LogP contribution in [-0.2, 0) is 13.1 Å². The molecule has 0 aliphatic carbocycles. The van der Waals surface area contributed by atoms with Gasteiger partial charge in [0.1, 0.15) is 0 Å². The fourth-order valence-electron chi connectivity index (χ4n) is 1.93. The standard InChI is InChI=1S/C16H14N2O2S3/c19-15(13-4-2-8-22-13)14-6-5-12(23-14)10-18-16(20)17-9-11-3-1-7-21-11/h1-8H,9-10H2,(H2,17,18,20). The van der Waals surface area contributed by atoms with E-state index in [0.717, 1.165) is 14.6 Å². The second-order valence-corrected chi connectivity index (χ2v) is 7.84. The Morgan fingerprint density at radius 1 is 0.826 bits per heavy atom. The van der Waals surface area contributed by atoms with E-state index in [2.05, 4.69) is 10.6 Å². The molecule has 0 fully saturated rings. The lowest BCUT2D eigenvalue weighted by Crippen LogP contribution is -2.34. The zero-order chi connectivity index (χ0) is 16.1. The van der Waals surface area contributed by atoms with E-state index < -0.39 is 0 Å². The normalized spacial score (nSPS) is 10.4. The number of rotatable bonds is 6. The van der Waals surface area contributed by atoms with Crippen LogP contribution in [-0.4, -0.2) is 11.8 Å². The number of carbonyl (C=O) groups excluding carboxylic acids is 2. The lowest BCUT2D eigenvalue weighted by atomic mass is 10.3. The summed E-state index contributed by atoms with van der Waals surface area (Å²) in [7, 11) is 0. The van der Waals surface area contributed by atoms with E-state index in [0.29, 0.717) is 18.0 Å². The van der Waals surface area contributed by atoms with Crippen LogP contribution in [0.15, 0.2) is 47.2 Å². The van der Waals surface area contributed by atoms with Gasteiger partial charge < -0.3 is 10.6 Å². The van der Waals surface area contributed by atoms with E-state index in [9.17, 15) is 9.59 Å². The number of hydrogen-bond acceptors (Lipinski definition) is 5. The Morgan fingerprint density at radius 3 is 2.26 bits per heavy atom. The van der Waals surface area contributed by atoms with Crippen LogP contribution < -0.4 is 10.6 Å². The lowest BCUT2D eigenvalue weighted by molar-refractivity contribution is 0.104. The predicted molar refractivity (Wildman–Crippen MR) is 95.5 cm³/mol. The van der Waals surface area contributed by atoms with E-state index in [1.54, 1.807) is 11.3 Å². The van der Waals surface area contributed by atoms with Gasteiger partial charge in [-0.25, -0.2) is 4.79 Å². The van der Waals surface area contributed by atoms with Crippen molar-refractivity contribution in [1.29, 1.82) is 0 Å². The lowest BCUT2D eigenvalue weighted by Gasteiger charge is -2.05. The minimum absolute atomic E-state index is 0.0402. The van der Waals surface area contributed by atoms with Gasteiger partial charge in [-0.1, -0.05) is 12.1 Å². The summed E-state index contributed by atoms with van der Waals surface area (Å²) in [6, 6.07) is 11.1. The molecule has 118 valence electrons. The molecule has 0 atom stereocenters. The van der Waals surface area contributed by atoms with Crippen molar-refractivity contribution in [2.24, 2.45) is 0 Å². The molecule has 3 aromatic heterocycles. The third-order valence-corrected chi connectivity index (χ3v) is 5.89. The maximum Gasteiger partial charge on any atom is 0.315 e. The molecule has 0 radical (unpaired) electrons. The van der Waals surface area contributed by atoms with Crippen LogP contribution >= 0.6 is 34.0 Å². The highest BCUT2D eigenvalue weighted by Crippen LogP contribution is 2.22. The van der Waals surface area contributed by atoms with Gasteiger partial charge in [-0.2, -0.15) is 0 Å². The maximum absolute atomic E-state index is 12.2. The zero-order valence-electron chi connectivity index (χ0n) is 12.1. The molecule has 0 unspecified atom stereocenters. The van der Waals surface area contributed by atoms with Crippen molar-refractivity contribution < 1.29 is 9.59 Å². The first-order chi connectivity index (χ1) is 11.2. The van der Waals surface area contributed by atoms with E-state index in [1.165, 1.54) is 22.7 Å². The SMILES string of the molecule is O=C(NCc1cccs1)NCc1ccc(C(=O)c2cccs2)s1. The molecule has 0 saturated carbocycles. The van der Waals surface area contributed by atoms with Gasteiger partial charge in [-0.05, 0) is 35.0 Å². The van der Waals surface area contributed by atoms with Crippen LogP contribution in [0.5, 0.6) is 0 Å². The molecule has 3 rings (SSSR count). The molecular weight excluding hydrogens is 348 g/mol. The largest absolute Gasteiger partial charge is 0.333 e. The van der Waals surface area contributed by atoms with Gasteiger partial charge in [0.05, 0.1) is 22.8 Å². The first-order valence-electron chi connectivity index (χ1n) is 6.93. The fraction of sp³-hybridized carbons (Fsp3) is 0.125. The number of thiophene rings is 3. The van der Waals surface area contributed by atoms with Crippen molar-refractivity contribution in [1.82, 2.24) is 10.6 Å². The van der Waals surface area contributed by atoms with E-state index in [1.807, 2.05) is 47.2 Å². The Kier molecular flexibility index (Phi) is 5.22. The van der Waals surface area contributed by atoms with Crippen LogP contribution in [0.4, 0.5) is 4.79 Å². The molecule has 2 N–H and O–H groups in total. The number of hydrogen-bond donors (Lipinski definition) is 2. The fourth-order valence-corrected chi connectivity index (χ4v) is 4.22. The summed E-state index contributed by atoms with van der Waals surface area (Å²) in [4.78, 5) is 27.5. The molecule has 0 bridgehead atoms. The highest BCUT2D eigenvalue weighted by molar-refractivity contribution is 7.16. The minimum Gasteiger partial charge on any atom is -0.333 e.